The molecule has 1 fully saturated rings. The number of rotatable bonds is 3. The number of nitrogens with two attached hydrogens (primary N) is 1. The fraction of sp³-hybridized carbons (Fsp3) is 0.333. The van der Waals surface area contributed by atoms with Gasteiger partial charge in [-0.3, -0.25) is 4.98 Å². The zero-order valence-corrected chi connectivity index (χ0v) is 11.4. The predicted molar refractivity (Wildman–Crippen MR) is 79.1 cm³/mol. The van der Waals surface area contributed by atoms with Crippen molar-refractivity contribution >= 4 is 34.1 Å². The highest BCUT2D eigenvalue weighted by Crippen LogP contribution is 2.37. The number of pyridine rings is 1. The van der Waals surface area contributed by atoms with E-state index in [2.05, 4.69) is 14.7 Å². The molecule has 1 aliphatic heterocycles. The molecule has 2 aromatic rings. The summed E-state index contributed by atoms with van der Waals surface area (Å²) in [5.74, 6) is 2.99. The Morgan fingerprint density at radius 1 is 1.33 bits per heavy atom. The van der Waals surface area contributed by atoms with Gasteiger partial charge in [0.2, 0.25) is 0 Å². The van der Waals surface area contributed by atoms with Crippen molar-refractivity contribution in [3.63, 3.8) is 0 Å². The number of nitrogens with one attached hydrogen (secondary N) is 1. The first-order chi connectivity index (χ1) is 8.84. The molecule has 2 aromatic heterocycles. The Hall–Kier alpha value is -1.27. The highest BCUT2D eigenvalue weighted by Gasteiger charge is 2.20. The molecule has 94 valence electrons. The molecule has 0 saturated carbocycles. The lowest BCUT2D eigenvalue weighted by Crippen LogP contribution is -2.17. The Bertz CT molecular complexity index is 520. The number of hydrogen-bond acceptors (Lipinski definition) is 6. The normalized spacial score (nSPS) is 19.0. The van der Waals surface area contributed by atoms with E-state index in [1.54, 1.807) is 12.4 Å². The fourth-order valence-electron chi connectivity index (χ4n) is 2.03. The molecular formula is C12H14N4S2. The molecule has 1 atom stereocenters. The molecule has 6 heteroatoms. The van der Waals surface area contributed by atoms with Crippen molar-refractivity contribution in [2.75, 3.05) is 22.6 Å². The second kappa shape index (κ2) is 5.16. The van der Waals surface area contributed by atoms with Crippen molar-refractivity contribution in [3.05, 3.63) is 24.5 Å². The maximum absolute atomic E-state index is 5.98. The van der Waals surface area contributed by atoms with Crippen molar-refractivity contribution in [1.29, 1.82) is 0 Å². The van der Waals surface area contributed by atoms with Crippen LogP contribution in [0.2, 0.25) is 0 Å². The third-order valence-electron chi connectivity index (χ3n) is 2.95. The maximum Gasteiger partial charge on any atom is 0.147 e. The van der Waals surface area contributed by atoms with E-state index >= 15 is 0 Å². The summed E-state index contributed by atoms with van der Waals surface area (Å²) in [6.45, 7) is 0. The summed E-state index contributed by atoms with van der Waals surface area (Å²) in [5, 5.41) is 4.64. The van der Waals surface area contributed by atoms with Crippen molar-refractivity contribution < 1.29 is 0 Å². The Morgan fingerprint density at radius 3 is 2.89 bits per heavy atom. The standard InChI is InChI=1S/C12H14N4S2/c13-11-10(8-1-4-14-5-2-8)12(18-16-11)15-9-3-6-17-7-9/h1-2,4-5,9,15H,3,6-7H2,(H2,13,16). The van der Waals surface area contributed by atoms with Crippen LogP contribution in [-0.4, -0.2) is 26.9 Å². The molecule has 0 aromatic carbocycles. The summed E-state index contributed by atoms with van der Waals surface area (Å²) < 4.78 is 4.26. The Morgan fingerprint density at radius 2 is 2.17 bits per heavy atom. The molecule has 1 unspecified atom stereocenters. The van der Waals surface area contributed by atoms with Crippen LogP contribution in [0, 0.1) is 0 Å². The number of hydrogen-bond donors (Lipinski definition) is 2. The topological polar surface area (TPSA) is 63.8 Å². The van der Waals surface area contributed by atoms with Crippen LogP contribution in [0.3, 0.4) is 0 Å². The Labute approximate surface area is 114 Å². The number of aromatic nitrogens is 2. The van der Waals surface area contributed by atoms with Crippen LogP contribution in [0.1, 0.15) is 6.42 Å². The molecule has 18 heavy (non-hydrogen) atoms. The zero-order chi connectivity index (χ0) is 12.4. The molecule has 0 radical (unpaired) electrons. The van der Waals surface area contributed by atoms with Gasteiger partial charge in [0.15, 0.2) is 0 Å². The highest BCUT2D eigenvalue weighted by atomic mass is 32.2. The molecule has 1 saturated heterocycles. The van der Waals surface area contributed by atoms with E-state index in [1.165, 1.54) is 23.7 Å². The minimum Gasteiger partial charge on any atom is -0.382 e. The Balaban J connectivity index is 1.91. The lowest BCUT2D eigenvalue weighted by atomic mass is 10.1. The van der Waals surface area contributed by atoms with Crippen molar-refractivity contribution in [1.82, 2.24) is 9.36 Å². The van der Waals surface area contributed by atoms with Crippen LogP contribution in [0.4, 0.5) is 10.8 Å². The number of nitrogens with zero attached hydrogens (tertiary/aromatic N) is 2. The first-order valence-electron chi connectivity index (χ1n) is 5.84. The number of anilines is 2. The highest BCUT2D eigenvalue weighted by molar-refractivity contribution is 7.99. The molecule has 0 bridgehead atoms. The lowest BCUT2D eigenvalue weighted by Gasteiger charge is -2.12. The average Bonchev–Trinajstić information content (AvgIpc) is 3.02. The first kappa shape index (κ1) is 11.8. The van der Waals surface area contributed by atoms with Gasteiger partial charge in [-0.2, -0.15) is 16.1 Å². The lowest BCUT2D eigenvalue weighted by molar-refractivity contribution is 0.816. The molecule has 0 amide bonds. The Kier molecular flexibility index (Phi) is 3.38. The van der Waals surface area contributed by atoms with E-state index < -0.39 is 0 Å². The van der Waals surface area contributed by atoms with Crippen LogP contribution in [-0.2, 0) is 0 Å². The predicted octanol–water partition coefficient (Wildman–Crippen LogP) is 2.70. The second-order valence-corrected chi connectivity index (χ2v) is 6.14. The van der Waals surface area contributed by atoms with Crippen molar-refractivity contribution in [2.24, 2.45) is 0 Å². The molecule has 3 heterocycles. The van der Waals surface area contributed by atoms with Crippen LogP contribution >= 0.6 is 23.3 Å². The summed E-state index contributed by atoms with van der Waals surface area (Å²) >= 11 is 3.43. The van der Waals surface area contributed by atoms with E-state index in [1.807, 2.05) is 23.9 Å². The van der Waals surface area contributed by atoms with Crippen LogP contribution in [0.25, 0.3) is 11.1 Å². The van der Waals surface area contributed by atoms with E-state index in [0.29, 0.717) is 11.9 Å². The van der Waals surface area contributed by atoms with Gasteiger partial charge in [0.25, 0.3) is 0 Å². The largest absolute Gasteiger partial charge is 0.382 e. The molecule has 0 spiro atoms. The van der Waals surface area contributed by atoms with Gasteiger partial charge in [0.1, 0.15) is 10.8 Å². The molecular weight excluding hydrogens is 264 g/mol. The molecule has 1 aliphatic rings. The van der Waals surface area contributed by atoms with Gasteiger partial charge >= 0.3 is 0 Å². The third-order valence-corrected chi connectivity index (χ3v) is 4.91. The summed E-state index contributed by atoms with van der Waals surface area (Å²) in [6, 6.07) is 4.47. The smallest absolute Gasteiger partial charge is 0.147 e. The van der Waals surface area contributed by atoms with Crippen LogP contribution in [0.15, 0.2) is 24.5 Å². The van der Waals surface area contributed by atoms with Gasteiger partial charge in [0.05, 0.1) is 5.56 Å². The summed E-state index contributed by atoms with van der Waals surface area (Å²) in [7, 11) is 0. The van der Waals surface area contributed by atoms with Gasteiger partial charge < -0.3 is 11.1 Å². The van der Waals surface area contributed by atoms with Gasteiger partial charge in [-0.15, -0.1) is 0 Å². The van der Waals surface area contributed by atoms with Gasteiger partial charge in [-0.25, -0.2) is 0 Å². The van der Waals surface area contributed by atoms with Gasteiger partial charge in [-0.05, 0) is 41.4 Å². The average molecular weight is 278 g/mol. The van der Waals surface area contributed by atoms with Crippen molar-refractivity contribution in [2.45, 2.75) is 12.5 Å². The third kappa shape index (κ3) is 2.30. The SMILES string of the molecule is Nc1nsc(NC2CCSC2)c1-c1ccncc1. The van der Waals surface area contributed by atoms with E-state index in [0.717, 1.165) is 21.9 Å². The van der Waals surface area contributed by atoms with Crippen molar-refractivity contribution in [3.8, 4) is 11.1 Å². The quantitative estimate of drug-likeness (QED) is 0.904. The monoisotopic (exact) mass is 278 g/mol. The minimum absolute atomic E-state index is 0.537. The molecule has 4 nitrogen and oxygen atoms in total. The summed E-state index contributed by atoms with van der Waals surface area (Å²) in [6.07, 6.45) is 4.77. The summed E-state index contributed by atoms with van der Waals surface area (Å²) in [4.78, 5) is 4.04. The molecule has 3 rings (SSSR count). The fourth-order valence-corrected chi connectivity index (χ4v) is 4.00. The van der Waals surface area contributed by atoms with Gasteiger partial charge in [0, 0.05) is 24.2 Å². The van der Waals surface area contributed by atoms with Crippen LogP contribution < -0.4 is 11.1 Å². The zero-order valence-electron chi connectivity index (χ0n) is 9.80. The van der Waals surface area contributed by atoms with E-state index in [-0.39, 0.29) is 0 Å². The van der Waals surface area contributed by atoms with Crippen LogP contribution in [0.5, 0.6) is 0 Å². The molecule has 3 N–H and O–H groups in total. The second-order valence-electron chi connectivity index (χ2n) is 4.21. The summed E-state index contributed by atoms with van der Waals surface area (Å²) in [5.41, 5.74) is 8.07. The van der Waals surface area contributed by atoms with Gasteiger partial charge in [-0.1, -0.05) is 0 Å². The van der Waals surface area contributed by atoms with E-state index in [4.69, 9.17) is 5.73 Å². The maximum atomic E-state index is 5.98. The number of nitrogen functional groups attached to an aromatic ring is 1. The van der Waals surface area contributed by atoms with E-state index in [9.17, 15) is 0 Å². The minimum atomic E-state index is 0.537. The first-order valence-corrected chi connectivity index (χ1v) is 7.77. The number of thioether (sulfide) groups is 1. The molecule has 0 aliphatic carbocycles.